The molecule has 3 rings (SSSR count). The molecule has 0 aliphatic heterocycles. The summed E-state index contributed by atoms with van der Waals surface area (Å²) in [5.41, 5.74) is 1.36. The summed E-state index contributed by atoms with van der Waals surface area (Å²) in [6.45, 7) is -0.290. The van der Waals surface area contributed by atoms with Gasteiger partial charge >= 0.3 is 5.97 Å². The van der Waals surface area contributed by atoms with E-state index in [1.807, 2.05) is 12.1 Å². The fraction of sp³-hybridized carbons (Fsp3) is 0.158. The monoisotopic (exact) mass is 342 g/mol. The quantitative estimate of drug-likeness (QED) is 0.504. The average Bonchev–Trinajstić information content (AvgIpc) is 2.99. The van der Waals surface area contributed by atoms with Crippen LogP contribution in [-0.2, 0) is 16.1 Å². The van der Waals surface area contributed by atoms with Crippen molar-refractivity contribution in [2.75, 3.05) is 13.7 Å². The maximum Gasteiger partial charge on any atom is 0.375 e. The molecule has 0 amide bonds. The van der Waals surface area contributed by atoms with Crippen molar-refractivity contribution in [3.05, 3.63) is 71.2 Å². The molecular formula is C19H15FO5. The molecule has 0 N–H and O–H groups in total. The zero-order valence-electron chi connectivity index (χ0n) is 13.5. The minimum absolute atomic E-state index is 0.00922. The molecule has 0 radical (unpaired) electrons. The van der Waals surface area contributed by atoms with Crippen LogP contribution in [0.15, 0.2) is 52.9 Å². The van der Waals surface area contributed by atoms with Gasteiger partial charge in [-0.25, -0.2) is 9.18 Å². The number of methoxy groups -OCH3 is 1. The third-order valence-corrected chi connectivity index (χ3v) is 3.67. The molecule has 3 aromatic rings. The Morgan fingerprint density at radius 1 is 1.08 bits per heavy atom. The van der Waals surface area contributed by atoms with Gasteiger partial charge in [0.25, 0.3) is 0 Å². The maximum atomic E-state index is 12.9. The molecule has 0 saturated carbocycles. The minimum atomic E-state index is -0.751. The second kappa shape index (κ2) is 7.27. The second-order valence-corrected chi connectivity index (χ2v) is 5.35. The highest BCUT2D eigenvalue weighted by Gasteiger charge is 2.22. The first-order valence-electron chi connectivity index (χ1n) is 7.55. The number of hydrogen-bond acceptors (Lipinski definition) is 5. The van der Waals surface area contributed by atoms with E-state index >= 15 is 0 Å². The standard InChI is InChI=1S/C19H15FO5/c1-23-10-15-14-4-2-3-5-17(14)25-18(15)19(22)24-11-16(21)12-6-8-13(20)9-7-12/h2-9H,10-11H2,1H3. The first-order valence-corrected chi connectivity index (χ1v) is 7.55. The number of benzene rings is 2. The number of furan rings is 1. The van der Waals surface area contributed by atoms with E-state index in [1.165, 1.54) is 31.4 Å². The van der Waals surface area contributed by atoms with Crippen LogP contribution < -0.4 is 0 Å². The molecule has 0 unspecified atom stereocenters. The summed E-state index contributed by atoms with van der Waals surface area (Å²) in [5, 5.41) is 0.751. The fourth-order valence-electron chi connectivity index (χ4n) is 2.47. The Hall–Kier alpha value is -2.99. The summed E-state index contributed by atoms with van der Waals surface area (Å²) in [4.78, 5) is 24.3. The number of carbonyl (C=O) groups is 2. The third-order valence-electron chi connectivity index (χ3n) is 3.67. The summed E-state index contributed by atoms with van der Waals surface area (Å²) in [7, 11) is 1.51. The first kappa shape index (κ1) is 16.9. The highest BCUT2D eigenvalue weighted by atomic mass is 19.1. The summed E-state index contributed by atoms with van der Waals surface area (Å²) in [6, 6.07) is 12.2. The van der Waals surface area contributed by atoms with Gasteiger partial charge in [0, 0.05) is 23.6 Å². The number of rotatable bonds is 6. The van der Waals surface area contributed by atoms with Crippen molar-refractivity contribution in [1.29, 1.82) is 0 Å². The van der Waals surface area contributed by atoms with Crippen molar-refractivity contribution < 1.29 is 27.9 Å². The van der Waals surface area contributed by atoms with E-state index in [4.69, 9.17) is 13.9 Å². The Morgan fingerprint density at radius 3 is 2.52 bits per heavy atom. The molecule has 128 valence electrons. The Morgan fingerprint density at radius 2 is 1.80 bits per heavy atom. The topological polar surface area (TPSA) is 65.7 Å². The van der Waals surface area contributed by atoms with Crippen LogP contribution in [0.1, 0.15) is 26.5 Å². The fourth-order valence-corrected chi connectivity index (χ4v) is 2.47. The van der Waals surface area contributed by atoms with Crippen molar-refractivity contribution in [3.8, 4) is 0 Å². The number of halogens is 1. The van der Waals surface area contributed by atoms with Crippen LogP contribution in [-0.4, -0.2) is 25.5 Å². The van der Waals surface area contributed by atoms with E-state index in [2.05, 4.69) is 0 Å². The van der Waals surface area contributed by atoms with Gasteiger partial charge in [0.15, 0.2) is 12.4 Å². The lowest BCUT2D eigenvalue weighted by Gasteiger charge is -2.04. The highest BCUT2D eigenvalue weighted by molar-refractivity contribution is 6.00. The van der Waals surface area contributed by atoms with E-state index in [0.29, 0.717) is 11.1 Å². The van der Waals surface area contributed by atoms with Crippen LogP contribution in [0.25, 0.3) is 11.0 Å². The zero-order chi connectivity index (χ0) is 17.8. The number of esters is 1. The third kappa shape index (κ3) is 3.59. The Bertz CT molecular complexity index is 911. The predicted molar refractivity (Wildman–Crippen MR) is 87.9 cm³/mol. The number of hydrogen-bond donors (Lipinski definition) is 0. The van der Waals surface area contributed by atoms with Gasteiger partial charge in [-0.3, -0.25) is 4.79 Å². The molecule has 0 fully saturated rings. The molecule has 0 bridgehead atoms. The molecule has 1 heterocycles. The van der Waals surface area contributed by atoms with Gasteiger partial charge in [0.1, 0.15) is 11.4 Å². The Labute approximate surface area is 143 Å². The van der Waals surface area contributed by atoms with Gasteiger partial charge in [0.05, 0.1) is 6.61 Å². The molecule has 0 spiro atoms. The highest BCUT2D eigenvalue weighted by Crippen LogP contribution is 2.27. The Balaban J connectivity index is 1.77. The minimum Gasteiger partial charge on any atom is -0.451 e. The normalized spacial score (nSPS) is 10.8. The molecular weight excluding hydrogens is 327 g/mol. The lowest BCUT2D eigenvalue weighted by atomic mass is 10.1. The molecule has 0 atom stereocenters. The van der Waals surface area contributed by atoms with Crippen molar-refractivity contribution >= 4 is 22.7 Å². The smallest absolute Gasteiger partial charge is 0.375 e. The molecule has 1 aromatic heterocycles. The van der Waals surface area contributed by atoms with Crippen LogP contribution in [0.2, 0.25) is 0 Å². The lowest BCUT2D eigenvalue weighted by Crippen LogP contribution is -2.15. The van der Waals surface area contributed by atoms with Crippen molar-refractivity contribution in [1.82, 2.24) is 0 Å². The molecule has 6 heteroatoms. The molecule has 0 saturated heterocycles. The molecule has 25 heavy (non-hydrogen) atoms. The summed E-state index contributed by atoms with van der Waals surface area (Å²) >= 11 is 0. The van der Waals surface area contributed by atoms with E-state index in [0.717, 1.165) is 5.39 Å². The largest absolute Gasteiger partial charge is 0.451 e. The van der Waals surface area contributed by atoms with Crippen molar-refractivity contribution in [2.24, 2.45) is 0 Å². The molecule has 5 nitrogen and oxygen atoms in total. The van der Waals surface area contributed by atoms with E-state index < -0.39 is 24.2 Å². The van der Waals surface area contributed by atoms with Gasteiger partial charge in [0.2, 0.25) is 5.76 Å². The van der Waals surface area contributed by atoms with Crippen molar-refractivity contribution in [3.63, 3.8) is 0 Å². The second-order valence-electron chi connectivity index (χ2n) is 5.35. The lowest BCUT2D eigenvalue weighted by molar-refractivity contribution is 0.0441. The van der Waals surface area contributed by atoms with Gasteiger partial charge in [-0.2, -0.15) is 0 Å². The summed E-state index contributed by atoms with van der Waals surface area (Å²) in [5.74, 6) is -1.62. The van der Waals surface area contributed by atoms with Crippen LogP contribution in [0.5, 0.6) is 0 Å². The van der Waals surface area contributed by atoms with Crippen LogP contribution in [0.4, 0.5) is 4.39 Å². The van der Waals surface area contributed by atoms with Gasteiger partial charge < -0.3 is 13.9 Å². The number of Topliss-reactive ketones (excluding diaryl/α,β-unsaturated/α-hetero) is 1. The Kier molecular flexibility index (Phi) is 4.90. The number of fused-ring (bicyclic) bond motifs is 1. The number of ether oxygens (including phenoxy) is 2. The summed E-state index contributed by atoms with van der Waals surface area (Å²) in [6.07, 6.45) is 0. The first-order chi connectivity index (χ1) is 12.1. The zero-order valence-corrected chi connectivity index (χ0v) is 13.5. The van der Waals surface area contributed by atoms with Gasteiger partial charge in [-0.1, -0.05) is 18.2 Å². The van der Waals surface area contributed by atoms with E-state index in [-0.39, 0.29) is 17.9 Å². The molecule has 0 aliphatic carbocycles. The van der Waals surface area contributed by atoms with Gasteiger partial charge in [-0.15, -0.1) is 0 Å². The molecule has 0 aliphatic rings. The van der Waals surface area contributed by atoms with E-state index in [1.54, 1.807) is 12.1 Å². The van der Waals surface area contributed by atoms with Gasteiger partial charge in [-0.05, 0) is 30.3 Å². The number of carbonyl (C=O) groups excluding carboxylic acids is 2. The maximum absolute atomic E-state index is 12.9. The van der Waals surface area contributed by atoms with Crippen molar-refractivity contribution in [2.45, 2.75) is 6.61 Å². The van der Waals surface area contributed by atoms with Crippen LogP contribution in [0.3, 0.4) is 0 Å². The SMILES string of the molecule is COCc1c(C(=O)OCC(=O)c2ccc(F)cc2)oc2ccccc12. The molecule has 2 aromatic carbocycles. The predicted octanol–water partition coefficient (Wildman–Crippen LogP) is 3.76. The summed E-state index contributed by atoms with van der Waals surface area (Å²) < 4.78 is 28.6. The van der Waals surface area contributed by atoms with Crippen LogP contribution >= 0.6 is 0 Å². The average molecular weight is 342 g/mol. The van der Waals surface area contributed by atoms with E-state index in [9.17, 15) is 14.0 Å². The number of ketones is 1. The van der Waals surface area contributed by atoms with Crippen LogP contribution in [0, 0.1) is 5.82 Å². The number of para-hydroxylation sites is 1.